The molecule has 1 aliphatic carbocycles. The maximum Gasteiger partial charge on any atom is 0.259 e. The van der Waals surface area contributed by atoms with Gasteiger partial charge in [-0.05, 0) is 62.9 Å². The van der Waals surface area contributed by atoms with Crippen LogP contribution in [0.3, 0.4) is 0 Å². The van der Waals surface area contributed by atoms with E-state index in [-0.39, 0.29) is 64.3 Å². The molecule has 1 amide bonds. The summed E-state index contributed by atoms with van der Waals surface area (Å²) in [4.78, 5) is 45.4. The summed E-state index contributed by atoms with van der Waals surface area (Å²) in [5.41, 5.74) is 3.97. The summed E-state index contributed by atoms with van der Waals surface area (Å²) < 4.78 is 11.4. The first kappa shape index (κ1) is 28.3. The molecule has 208 valence electrons. The number of fused-ring (bicyclic) bond motifs is 3. The summed E-state index contributed by atoms with van der Waals surface area (Å²) in [6.45, 7) is 8.50. The number of amides is 1. The van der Waals surface area contributed by atoms with E-state index in [1.54, 1.807) is 13.0 Å². The fourth-order valence-electron chi connectivity index (χ4n) is 5.11. The van der Waals surface area contributed by atoms with E-state index in [9.17, 15) is 24.6 Å². The Bertz CT molecular complexity index is 1580. The van der Waals surface area contributed by atoms with E-state index >= 15 is 0 Å². The standard InChI is InChI=1S/C30H30N2O8/c1-8-9-39-32-17(5)24-20(34)12-23-30(6,28(24)36)26-21(35)11-22(38-7)25(27(26)40-23)29(37)31-13-18-14(2)10-19(33)16(4)15(18)3/h1,10-12,32-33,35H,9,13H2,2-7H3,(H,31,37)/b24-17+/t30-/m1/s1. The van der Waals surface area contributed by atoms with Crippen LogP contribution in [0.25, 0.3) is 0 Å². The van der Waals surface area contributed by atoms with E-state index in [0.717, 1.165) is 22.8 Å². The number of phenols is 2. The van der Waals surface area contributed by atoms with Gasteiger partial charge < -0.3 is 25.0 Å². The third-order valence-corrected chi connectivity index (χ3v) is 7.48. The van der Waals surface area contributed by atoms with Crippen molar-refractivity contribution >= 4 is 17.5 Å². The molecular formula is C30H30N2O8. The molecule has 10 heteroatoms. The lowest BCUT2D eigenvalue weighted by atomic mass is 9.70. The predicted molar refractivity (Wildman–Crippen MR) is 145 cm³/mol. The topological polar surface area (TPSA) is 143 Å². The average molecular weight is 547 g/mol. The van der Waals surface area contributed by atoms with Crippen molar-refractivity contribution in [2.45, 2.75) is 46.6 Å². The number of nitrogens with one attached hydrogen (secondary N) is 2. The number of rotatable bonds is 7. The Balaban J connectivity index is 1.78. The van der Waals surface area contributed by atoms with Crippen LogP contribution >= 0.6 is 0 Å². The van der Waals surface area contributed by atoms with Crippen LogP contribution in [0.5, 0.6) is 23.0 Å². The second-order valence-corrected chi connectivity index (χ2v) is 9.82. The van der Waals surface area contributed by atoms with Crippen LogP contribution in [0.1, 0.15) is 52.0 Å². The molecule has 40 heavy (non-hydrogen) atoms. The first-order valence-corrected chi connectivity index (χ1v) is 12.4. The SMILES string of the molecule is C#CCON/C(C)=C1\C(=O)C=C2Oc3c(C(=O)NCc4c(C)cc(O)c(C)c4C)c(OC)cc(O)c3[C@]2(C)C1=O. The molecule has 1 atom stereocenters. The minimum atomic E-state index is -1.61. The molecule has 0 fully saturated rings. The zero-order valence-electron chi connectivity index (χ0n) is 23.1. The van der Waals surface area contributed by atoms with Crippen molar-refractivity contribution < 1.29 is 38.9 Å². The molecule has 2 aromatic carbocycles. The normalized spacial score (nSPS) is 18.7. The number of hydrogen-bond acceptors (Lipinski definition) is 9. The van der Waals surface area contributed by atoms with Crippen molar-refractivity contribution in [2.75, 3.05) is 13.7 Å². The van der Waals surface area contributed by atoms with Crippen LogP contribution < -0.4 is 20.3 Å². The van der Waals surface area contributed by atoms with Crippen molar-refractivity contribution in [1.29, 1.82) is 0 Å². The Labute approximate surface area is 231 Å². The number of aromatic hydroxyl groups is 2. The molecule has 0 saturated carbocycles. The lowest BCUT2D eigenvalue weighted by molar-refractivity contribution is -0.123. The van der Waals surface area contributed by atoms with E-state index in [2.05, 4.69) is 16.7 Å². The van der Waals surface area contributed by atoms with Gasteiger partial charge in [-0.1, -0.05) is 5.92 Å². The number of ketones is 2. The number of hydroxylamine groups is 1. The molecule has 0 aromatic heterocycles. The maximum absolute atomic E-state index is 13.8. The number of benzene rings is 2. The number of Topliss-reactive ketones (excluding diaryl/α,β-unsaturated/α-hetero) is 1. The van der Waals surface area contributed by atoms with Crippen LogP contribution in [-0.2, 0) is 26.4 Å². The average Bonchev–Trinajstić information content (AvgIpc) is 3.20. The zero-order valence-corrected chi connectivity index (χ0v) is 23.1. The van der Waals surface area contributed by atoms with E-state index in [1.807, 2.05) is 13.8 Å². The fraction of sp³-hybridized carbons (Fsp3) is 0.300. The number of phenolic OH excluding ortho intramolecular Hbond substituents is 2. The molecule has 10 nitrogen and oxygen atoms in total. The predicted octanol–water partition coefficient (Wildman–Crippen LogP) is 3.08. The molecule has 0 saturated heterocycles. The van der Waals surface area contributed by atoms with E-state index in [4.69, 9.17) is 20.7 Å². The van der Waals surface area contributed by atoms with E-state index in [1.165, 1.54) is 27.0 Å². The molecule has 0 spiro atoms. The molecule has 4 rings (SSSR count). The second kappa shape index (κ2) is 10.4. The summed E-state index contributed by atoms with van der Waals surface area (Å²) in [5, 5.41) is 24.0. The van der Waals surface area contributed by atoms with Crippen molar-refractivity contribution in [2.24, 2.45) is 0 Å². The van der Waals surface area contributed by atoms with Crippen molar-refractivity contribution in [3.8, 4) is 35.3 Å². The zero-order chi connectivity index (χ0) is 29.5. The first-order chi connectivity index (χ1) is 18.9. The lowest BCUT2D eigenvalue weighted by Gasteiger charge is -2.28. The molecule has 2 aliphatic rings. The third-order valence-electron chi connectivity index (χ3n) is 7.48. The minimum Gasteiger partial charge on any atom is -0.508 e. The Morgan fingerprint density at radius 2 is 1.85 bits per heavy atom. The molecule has 0 unspecified atom stereocenters. The summed E-state index contributed by atoms with van der Waals surface area (Å²) in [6.07, 6.45) is 6.34. The highest BCUT2D eigenvalue weighted by atomic mass is 16.6. The van der Waals surface area contributed by atoms with Gasteiger partial charge in [0.05, 0.1) is 18.2 Å². The maximum atomic E-state index is 13.8. The van der Waals surface area contributed by atoms with Gasteiger partial charge in [-0.15, -0.1) is 6.42 Å². The van der Waals surface area contributed by atoms with E-state index in [0.29, 0.717) is 5.56 Å². The number of aryl methyl sites for hydroxylation is 1. The molecule has 2 aromatic rings. The largest absolute Gasteiger partial charge is 0.508 e. The van der Waals surface area contributed by atoms with Gasteiger partial charge in [0, 0.05) is 24.4 Å². The van der Waals surface area contributed by atoms with E-state index < -0.39 is 22.9 Å². The van der Waals surface area contributed by atoms with Crippen molar-refractivity contribution in [1.82, 2.24) is 10.8 Å². The molecule has 0 radical (unpaired) electrons. The Kier molecular flexibility index (Phi) is 7.37. The van der Waals surface area contributed by atoms with Gasteiger partial charge in [-0.2, -0.15) is 0 Å². The lowest BCUT2D eigenvalue weighted by Crippen LogP contribution is -2.41. The highest BCUT2D eigenvalue weighted by molar-refractivity contribution is 6.31. The van der Waals surface area contributed by atoms with Gasteiger partial charge in [-0.25, -0.2) is 0 Å². The van der Waals surface area contributed by atoms with Gasteiger partial charge >= 0.3 is 0 Å². The Hall–Kier alpha value is -4.75. The van der Waals surface area contributed by atoms with Crippen LogP contribution in [-0.4, -0.2) is 41.4 Å². The molecule has 4 N–H and O–H groups in total. The highest BCUT2D eigenvalue weighted by Gasteiger charge is 2.56. The first-order valence-electron chi connectivity index (χ1n) is 12.4. The summed E-state index contributed by atoms with van der Waals surface area (Å²) in [6, 6.07) is 2.87. The second-order valence-electron chi connectivity index (χ2n) is 9.82. The van der Waals surface area contributed by atoms with Crippen LogP contribution in [0.2, 0.25) is 0 Å². The van der Waals surface area contributed by atoms with Crippen molar-refractivity contribution in [3.05, 3.63) is 68.6 Å². The quantitative estimate of drug-likeness (QED) is 0.135. The van der Waals surface area contributed by atoms with Gasteiger partial charge in [0.1, 0.15) is 40.6 Å². The number of carbonyl (C=O) groups excluding carboxylic acids is 3. The molecule has 1 aliphatic heterocycles. The minimum absolute atomic E-state index is 0.0157. The van der Waals surface area contributed by atoms with Gasteiger partial charge in [0.15, 0.2) is 17.3 Å². The van der Waals surface area contributed by atoms with Crippen LogP contribution in [0.4, 0.5) is 0 Å². The number of allylic oxidation sites excluding steroid dienone is 4. The number of methoxy groups -OCH3 is 1. The number of ether oxygens (including phenoxy) is 2. The summed E-state index contributed by atoms with van der Waals surface area (Å²) in [5.74, 6) is 0.121. The fourth-order valence-corrected chi connectivity index (χ4v) is 5.11. The van der Waals surface area contributed by atoms with Crippen LogP contribution in [0, 0.1) is 33.1 Å². The molecular weight excluding hydrogens is 516 g/mol. The van der Waals surface area contributed by atoms with Gasteiger partial charge in [0.2, 0.25) is 0 Å². The summed E-state index contributed by atoms with van der Waals surface area (Å²) >= 11 is 0. The number of terminal acetylenes is 1. The molecule has 0 bridgehead atoms. The Morgan fingerprint density at radius 3 is 2.50 bits per heavy atom. The van der Waals surface area contributed by atoms with Crippen molar-refractivity contribution in [3.63, 3.8) is 0 Å². The highest BCUT2D eigenvalue weighted by Crippen LogP contribution is 2.56. The van der Waals surface area contributed by atoms with Gasteiger partial charge in [-0.3, -0.25) is 24.7 Å². The third kappa shape index (κ3) is 4.34. The Morgan fingerprint density at radius 1 is 1.15 bits per heavy atom. The number of carbonyl (C=O) groups is 3. The van der Waals surface area contributed by atoms with Crippen LogP contribution in [0.15, 0.2) is 35.2 Å². The van der Waals surface area contributed by atoms with Gasteiger partial charge in [0.25, 0.3) is 5.91 Å². The molecule has 1 heterocycles. The summed E-state index contributed by atoms with van der Waals surface area (Å²) in [7, 11) is 1.33. The smallest absolute Gasteiger partial charge is 0.259 e. The number of hydrogen-bond donors (Lipinski definition) is 4. The monoisotopic (exact) mass is 546 g/mol.